The quantitative estimate of drug-likeness (QED) is 0.509. The van der Waals surface area contributed by atoms with Crippen LogP contribution in [0.4, 0.5) is 11.4 Å². The van der Waals surface area contributed by atoms with Gasteiger partial charge in [0.1, 0.15) is 12.4 Å². The lowest BCUT2D eigenvalue weighted by molar-refractivity contribution is -0.385. The number of carbonyl (C=O) groups excluding carboxylic acids is 1. The lowest BCUT2D eigenvalue weighted by Crippen LogP contribution is -2.49. The van der Waals surface area contributed by atoms with Crippen LogP contribution in [-0.2, 0) is 4.79 Å². The van der Waals surface area contributed by atoms with Crippen LogP contribution in [0.25, 0.3) is 0 Å². The van der Waals surface area contributed by atoms with Gasteiger partial charge in [-0.15, -0.1) is 0 Å². The van der Waals surface area contributed by atoms with Crippen molar-refractivity contribution in [2.24, 2.45) is 0 Å². The van der Waals surface area contributed by atoms with E-state index in [1.54, 1.807) is 31.2 Å². The fourth-order valence-electron chi connectivity index (χ4n) is 3.34. The summed E-state index contributed by atoms with van der Waals surface area (Å²) in [5.41, 5.74) is 0.941. The van der Waals surface area contributed by atoms with Crippen molar-refractivity contribution in [3.05, 3.63) is 63.2 Å². The predicted molar refractivity (Wildman–Crippen MR) is 116 cm³/mol. The van der Waals surface area contributed by atoms with Gasteiger partial charge >= 0.3 is 0 Å². The van der Waals surface area contributed by atoms with Gasteiger partial charge in [-0.3, -0.25) is 24.7 Å². The van der Waals surface area contributed by atoms with Crippen LogP contribution in [0.3, 0.4) is 0 Å². The average Bonchev–Trinajstić information content (AvgIpc) is 2.72. The molecule has 0 atom stereocenters. The molecule has 1 saturated heterocycles. The average molecular weight is 433 g/mol. The van der Waals surface area contributed by atoms with Gasteiger partial charge in [0, 0.05) is 43.8 Å². The van der Waals surface area contributed by atoms with E-state index in [2.05, 4.69) is 15.1 Å². The Morgan fingerprint density at radius 1 is 1.13 bits per heavy atom. The minimum Gasteiger partial charge on any atom is -0.492 e. The first-order valence-electron chi connectivity index (χ1n) is 9.79. The number of nitrogens with zero attached hydrogens (tertiary/aromatic N) is 3. The Hall–Kier alpha value is -2.68. The van der Waals surface area contributed by atoms with Crippen molar-refractivity contribution in [3.8, 4) is 5.75 Å². The molecule has 1 N–H and O–H groups in total. The Balaban J connectivity index is 1.39. The topological polar surface area (TPSA) is 88.0 Å². The van der Waals surface area contributed by atoms with Crippen molar-refractivity contribution in [1.29, 1.82) is 0 Å². The third kappa shape index (κ3) is 6.16. The second kappa shape index (κ2) is 10.4. The van der Waals surface area contributed by atoms with Crippen LogP contribution in [0.2, 0.25) is 5.02 Å². The number of hydrogen-bond donors (Lipinski definition) is 1. The van der Waals surface area contributed by atoms with E-state index in [1.165, 1.54) is 6.07 Å². The first-order chi connectivity index (χ1) is 14.4. The largest absolute Gasteiger partial charge is 0.492 e. The molecule has 2 aromatic carbocycles. The second-order valence-electron chi connectivity index (χ2n) is 7.18. The Labute approximate surface area is 180 Å². The van der Waals surface area contributed by atoms with Crippen LogP contribution in [0.5, 0.6) is 5.75 Å². The summed E-state index contributed by atoms with van der Waals surface area (Å²) in [6.45, 7) is 6.57. The molecule has 160 valence electrons. The number of halogens is 1. The van der Waals surface area contributed by atoms with E-state index < -0.39 is 4.92 Å². The van der Waals surface area contributed by atoms with Crippen molar-refractivity contribution in [2.45, 2.75) is 6.92 Å². The minimum atomic E-state index is -0.444. The summed E-state index contributed by atoms with van der Waals surface area (Å²) in [4.78, 5) is 27.4. The number of benzene rings is 2. The van der Waals surface area contributed by atoms with Gasteiger partial charge in [0.25, 0.3) is 5.69 Å². The second-order valence-corrected chi connectivity index (χ2v) is 7.61. The summed E-state index contributed by atoms with van der Waals surface area (Å²) >= 11 is 5.87. The van der Waals surface area contributed by atoms with Gasteiger partial charge in [-0.25, -0.2) is 0 Å². The van der Waals surface area contributed by atoms with Gasteiger partial charge in [-0.05, 0) is 37.3 Å². The lowest BCUT2D eigenvalue weighted by atomic mass is 10.1. The molecule has 0 aliphatic carbocycles. The Morgan fingerprint density at radius 2 is 1.80 bits per heavy atom. The van der Waals surface area contributed by atoms with E-state index >= 15 is 0 Å². The molecule has 1 aliphatic heterocycles. The standard InChI is InChI=1S/C21H25ClN4O4/c1-16-19(3-2-4-20(16)26(28)29)23-21(27)15-25-11-9-24(10-12-25)13-14-30-18-7-5-17(22)6-8-18/h2-8H,9-15H2,1H3,(H,23,27). The van der Waals surface area contributed by atoms with E-state index in [0.29, 0.717) is 22.9 Å². The van der Waals surface area contributed by atoms with Crippen molar-refractivity contribution in [1.82, 2.24) is 9.80 Å². The number of hydrogen-bond acceptors (Lipinski definition) is 6. The molecule has 0 bridgehead atoms. The molecule has 0 aromatic heterocycles. The van der Waals surface area contributed by atoms with Crippen LogP contribution in [0, 0.1) is 17.0 Å². The molecule has 0 radical (unpaired) electrons. The maximum absolute atomic E-state index is 12.4. The summed E-state index contributed by atoms with van der Waals surface area (Å²) in [7, 11) is 0. The van der Waals surface area contributed by atoms with Crippen LogP contribution < -0.4 is 10.1 Å². The summed E-state index contributed by atoms with van der Waals surface area (Å²) in [6, 6.07) is 12.0. The maximum atomic E-state index is 12.4. The predicted octanol–water partition coefficient (Wildman–Crippen LogP) is 3.19. The lowest BCUT2D eigenvalue weighted by Gasteiger charge is -2.34. The number of anilines is 1. The van der Waals surface area contributed by atoms with Crippen LogP contribution in [-0.4, -0.2) is 66.5 Å². The fraction of sp³-hybridized carbons (Fsp3) is 0.381. The van der Waals surface area contributed by atoms with Crippen molar-refractivity contribution in [2.75, 3.05) is 51.2 Å². The van der Waals surface area contributed by atoms with Crippen molar-refractivity contribution >= 4 is 28.9 Å². The van der Waals surface area contributed by atoms with Gasteiger partial charge in [0.2, 0.25) is 5.91 Å². The molecular formula is C21H25ClN4O4. The zero-order chi connectivity index (χ0) is 21.5. The normalized spacial score (nSPS) is 15.0. The third-order valence-electron chi connectivity index (χ3n) is 5.10. The smallest absolute Gasteiger partial charge is 0.274 e. The maximum Gasteiger partial charge on any atom is 0.274 e. The first kappa shape index (κ1) is 22.0. The summed E-state index contributed by atoms with van der Waals surface area (Å²) < 4.78 is 5.73. The molecule has 1 fully saturated rings. The van der Waals surface area contributed by atoms with E-state index in [1.807, 2.05) is 12.1 Å². The highest BCUT2D eigenvalue weighted by molar-refractivity contribution is 6.30. The molecule has 9 heteroatoms. The Bertz CT molecular complexity index is 883. The molecular weight excluding hydrogens is 408 g/mol. The van der Waals surface area contributed by atoms with E-state index in [9.17, 15) is 14.9 Å². The van der Waals surface area contributed by atoms with Gasteiger partial charge < -0.3 is 10.1 Å². The highest BCUT2D eigenvalue weighted by Gasteiger charge is 2.20. The molecule has 0 saturated carbocycles. The Kier molecular flexibility index (Phi) is 7.62. The number of carbonyl (C=O) groups is 1. The molecule has 0 unspecified atom stereocenters. The van der Waals surface area contributed by atoms with E-state index in [4.69, 9.17) is 16.3 Å². The third-order valence-corrected chi connectivity index (χ3v) is 5.35. The van der Waals surface area contributed by atoms with Gasteiger partial charge in [0.15, 0.2) is 0 Å². The molecule has 2 aromatic rings. The zero-order valence-corrected chi connectivity index (χ0v) is 17.6. The van der Waals surface area contributed by atoms with Crippen LogP contribution in [0.1, 0.15) is 5.56 Å². The molecule has 1 amide bonds. The van der Waals surface area contributed by atoms with Gasteiger partial charge in [-0.1, -0.05) is 17.7 Å². The molecule has 1 aliphatic rings. The number of nitro groups is 1. The Morgan fingerprint density at radius 3 is 2.47 bits per heavy atom. The highest BCUT2D eigenvalue weighted by atomic mass is 35.5. The minimum absolute atomic E-state index is 0.00207. The SMILES string of the molecule is Cc1c(NC(=O)CN2CCN(CCOc3ccc(Cl)cc3)CC2)cccc1[N+](=O)[O-]. The molecule has 30 heavy (non-hydrogen) atoms. The highest BCUT2D eigenvalue weighted by Crippen LogP contribution is 2.25. The molecule has 8 nitrogen and oxygen atoms in total. The van der Waals surface area contributed by atoms with Crippen LogP contribution in [0.15, 0.2) is 42.5 Å². The molecule has 1 heterocycles. The molecule has 3 rings (SSSR count). The van der Waals surface area contributed by atoms with E-state index in [-0.39, 0.29) is 18.1 Å². The van der Waals surface area contributed by atoms with Crippen LogP contribution >= 0.6 is 11.6 Å². The van der Waals surface area contributed by atoms with Gasteiger partial charge in [0.05, 0.1) is 22.7 Å². The summed E-state index contributed by atoms with van der Waals surface area (Å²) in [5, 5.41) is 14.5. The van der Waals surface area contributed by atoms with Crippen molar-refractivity contribution in [3.63, 3.8) is 0 Å². The number of ether oxygens (including phenoxy) is 1. The summed E-state index contributed by atoms with van der Waals surface area (Å²) in [6.07, 6.45) is 0. The van der Waals surface area contributed by atoms with Gasteiger partial charge in [-0.2, -0.15) is 0 Å². The number of piperazine rings is 1. The fourth-order valence-corrected chi connectivity index (χ4v) is 3.47. The van der Waals surface area contributed by atoms with E-state index in [0.717, 1.165) is 38.5 Å². The molecule has 0 spiro atoms. The van der Waals surface area contributed by atoms with Crippen molar-refractivity contribution < 1.29 is 14.5 Å². The number of nitro benzene ring substituents is 1. The monoisotopic (exact) mass is 432 g/mol. The number of amides is 1. The first-order valence-corrected chi connectivity index (χ1v) is 10.2. The zero-order valence-electron chi connectivity index (χ0n) is 16.8. The summed E-state index contributed by atoms with van der Waals surface area (Å²) in [5.74, 6) is 0.629. The number of rotatable bonds is 8. The number of nitrogens with one attached hydrogen (secondary N) is 1.